The zero-order chi connectivity index (χ0) is 24.8. The van der Waals surface area contributed by atoms with Crippen LogP contribution < -0.4 is 9.64 Å². The number of anilines is 1. The molecular formula is C29H34ClNO4. The fraction of sp³-hybridized carbons (Fsp3) is 0.483. The molecule has 2 aromatic carbocycles. The van der Waals surface area contributed by atoms with Crippen LogP contribution in [0.15, 0.2) is 49.1 Å². The van der Waals surface area contributed by atoms with Crippen molar-refractivity contribution in [3.05, 3.63) is 70.8 Å². The van der Waals surface area contributed by atoms with Crippen molar-refractivity contribution in [3.8, 4) is 5.75 Å². The SMILES string of the molecule is C=CCC(O)[C@]1(C)CC[C@@H]1CN1CC2(CCCc3cc(Cl)ccc32)COc2ccc(C(=O)O)cc21. The van der Waals surface area contributed by atoms with Crippen molar-refractivity contribution in [1.29, 1.82) is 0 Å². The molecule has 1 heterocycles. The third-order valence-electron chi connectivity index (χ3n) is 8.84. The Bertz CT molecular complexity index is 1150. The Morgan fingerprint density at radius 1 is 1.31 bits per heavy atom. The lowest BCUT2D eigenvalue weighted by molar-refractivity contribution is -0.0695. The van der Waals surface area contributed by atoms with Crippen LogP contribution in [-0.4, -0.2) is 42.0 Å². The lowest BCUT2D eigenvalue weighted by atomic mass is 9.57. The van der Waals surface area contributed by atoms with Crippen molar-refractivity contribution in [2.75, 3.05) is 24.6 Å². The van der Waals surface area contributed by atoms with E-state index >= 15 is 0 Å². The number of aromatic carboxylic acids is 1. The minimum absolute atomic E-state index is 0.183. The number of carboxylic acids is 1. The van der Waals surface area contributed by atoms with Crippen molar-refractivity contribution in [2.24, 2.45) is 11.3 Å². The number of halogens is 1. The zero-order valence-electron chi connectivity index (χ0n) is 20.3. The van der Waals surface area contributed by atoms with Gasteiger partial charge in [-0.2, -0.15) is 0 Å². The average molecular weight is 496 g/mol. The molecule has 1 fully saturated rings. The van der Waals surface area contributed by atoms with E-state index in [-0.39, 0.29) is 16.4 Å². The summed E-state index contributed by atoms with van der Waals surface area (Å²) in [5.74, 6) is 0.0714. The highest BCUT2D eigenvalue weighted by molar-refractivity contribution is 6.30. The fourth-order valence-electron chi connectivity index (χ4n) is 6.48. The molecule has 5 rings (SSSR count). The molecule has 1 spiro atoms. The van der Waals surface area contributed by atoms with Gasteiger partial charge in [-0.1, -0.05) is 30.7 Å². The molecule has 0 bridgehead atoms. The minimum Gasteiger partial charge on any atom is -0.490 e. The third kappa shape index (κ3) is 4.23. The molecule has 0 amide bonds. The highest BCUT2D eigenvalue weighted by atomic mass is 35.5. The van der Waals surface area contributed by atoms with E-state index in [1.165, 1.54) is 11.1 Å². The van der Waals surface area contributed by atoms with Crippen LogP contribution in [0.25, 0.3) is 0 Å². The molecule has 6 heteroatoms. The number of ether oxygens (including phenoxy) is 1. The topological polar surface area (TPSA) is 70.0 Å². The second kappa shape index (κ2) is 9.18. The number of benzene rings is 2. The summed E-state index contributed by atoms with van der Waals surface area (Å²) in [6.07, 6.45) is 7.01. The average Bonchev–Trinajstić information content (AvgIpc) is 2.98. The van der Waals surface area contributed by atoms with Crippen LogP contribution >= 0.6 is 11.6 Å². The molecule has 1 aliphatic heterocycles. The molecule has 1 saturated carbocycles. The van der Waals surface area contributed by atoms with Gasteiger partial charge >= 0.3 is 5.97 Å². The van der Waals surface area contributed by atoms with Crippen molar-refractivity contribution < 1.29 is 19.7 Å². The monoisotopic (exact) mass is 495 g/mol. The molecule has 0 aromatic heterocycles. The molecule has 2 aromatic rings. The largest absolute Gasteiger partial charge is 0.490 e. The van der Waals surface area contributed by atoms with E-state index in [0.717, 1.165) is 61.7 Å². The van der Waals surface area contributed by atoms with Crippen LogP contribution in [0.2, 0.25) is 5.02 Å². The molecule has 3 aliphatic rings. The van der Waals surface area contributed by atoms with Gasteiger partial charge in [0.05, 0.1) is 24.0 Å². The molecule has 186 valence electrons. The Morgan fingerprint density at radius 2 is 2.14 bits per heavy atom. The van der Waals surface area contributed by atoms with E-state index in [1.54, 1.807) is 24.3 Å². The Hall–Kier alpha value is -2.50. The molecule has 4 atom stereocenters. The quantitative estimate of drug-likeness (QED) is 0.491. The Morgan fingerprint density at radius 3 is 2.86 bits per heavy atom. The van der Waals surface area contributed by atoms with Gasteiger partial charge in [0.2, 0.25) is 0 Å². The van der Waals surface area contributed by atoms with Gasteiger partial charge in [-0.3, -0.25) is 0 Å². The second-order valence-corrected chi connectivity index (χ2v) is 11.3. The van der Waals surface area contributed by atoms with Crippen LogP contribution in [0.1, 0.15) is 60.5 Å². The summed E-state index contributed by atoms with van der Waals surface area (Å²) in [6.45, 7) is 8.01. The van der Waals surface area contributed by atoms with Crippen LogP contribution in [0.5, 0.6) is 5.75 Å². The highest BCUT2D eigenvalue weighted by Gasteiger charge is 2.49. The minimum atomic E-state index is -0.945. The standard InChI is InChI=1S/C29H34ClNO4/c1-3-5-26(32)28(2)13-11-21(28)16-31-17-29(12-4-6-19-14-22(30)8-9-23(19)29)18-35-25-10-7-20(27(33)34)15-24(25)31/h3,7-10,14-15,21,26,32H,1,4-6,11-13,16-18H2,2H3,(H,33,34)/t21-,26?,28-,29?/m1/s1. The molecule has 5 nitrogen and oxygen atoms in total. The lowest BCUT2D eigenvalue weighted by Gasteiger charge is -2.52. The number of aryl methyl sites for hydroxylation is 1. The van der Waals surface area contributed by atoms with Crippen LogP contribution in [0.3, 0.4) is 0 Å². The number of nitrogens with zero attached hydrogens (tertiary/aromatic N) is 1. The van der Waals surface area contributed by atoms with Crippen molar-refractivity contribution in [2.45, 2.75) is 57.0 Å². The van der Waals surface area contributed by atoms with E-state index in [2.05, 4.69) is 30.5 Å². The highest BCUT2D eigenvalue weighted by Crippen LogP contribution is 2.52. The van der Waals surface area contributed by atoms with E-state index in [1.807, 2.05) is 6.07 Å². The summed E-state index contributed by atoms with van der Waals surface area (Å²) in [5, 5.41) is 21.3. The summed E-state index contributed by atoms with van der Waals surface area (Å²) < 4.78 is 6.43. The number of aliphatic hydroxyl groups is 1. The number of hydrogen-bond donors (Lipinski definition) is 2. The first-order valence-corrected chi connectivity index (χ1v) is 13.0. The normalized spacial score (nSPS) is 28.2. The Kier molecular flexibility index (Phi) is 6.35. The first-order chi connectivity index (χ1) is 16.8. The van der Waals surface area contributed by atoms with E-state index in [4.69, 9.17) is 16.3 Å². The number of carbonyl (C=O) groups is 1. The molecule has 0 saturated heterocycles. The van der Waals surface area contributed by atoms with Gasteiger partial charge in [-0.15, -0.1) is 6.58 Å². The van der Waals surface area contributed by atoms with E-state index in [9.17, 15) is 15.0 Å². The fourth-order valence-corrected chi connectivity index (χ4v) is 6.68. The summed E-state index contributed by atoms with van der Waals surface area (Å²) >= 11 is 6.34. The predicted molar refractivity (Wildman–Crippen MR) is 139 cm³/mol. The Balaban J connectivity index is 1.55. The maximum atomic E-state index is 11.8. The van der Waals surface area contributed by atoms with Crippen LogP contribution in [0, 0.1) is 11.3 Å². The Labute approximate surface area is 212 Å². The van der Waals surface area contributed by atoms with Gasteiger partial charge in [0.15, 0.2) is 0 Å². The van der Waals surface area contributed by atoms with Gasteiger partial charge < -0.3 is 19.8 Å². The number of rotatable bonds is 6. The molecule has 2 aliphatic carbocycles. The maximum absolute atomic E-state index is 11.8. The van der Waals surface area contributed by atoms with Gasteiger partial charge in [0, 0.05) is 23.5 Å². The van der Waals surface area contributed by atoms with Crippen molar-refractivity contribution >= 4 is 23.3 Å². The summed E-state index contributed by atoms with van der Waals surface area (Å²) in [5.41, 5.74) is 3.26. The molecule has 2 N–H and O–H groups in total. The van der Waals surface area contributed by atoms with Crippen LogP contribution in [0.4, 0.5) is 5.69 Å². The predicted octanol–water partition coefficient (Wildman–Crippen LogP) is 5.86. The maximum Gasteiger partial charge on any atom is 0.335 e. The second-order valence-electron chi connectivity index (χ2n) is 10.9. The lowest BCUT2D eigenvalue weighted by Crippen LogP contribution is -2.53. The summed E-state index contributed by atoms with van der Waals surface area (Å²) in [6, 6.07) is 11.4. The molecule has 0 radical (unpaired) electrons. The molecule has 35 heavy (non-hydrogen) atoms. The molecular weight excluding hydrogens is 462 g/mol. The first-order valence-electron chi connectivity index (χ1n) is 12.6. The number of fused-ring (bicyclic) bond motifs is 3. The van der Waals surface area contributed by atoms with Gasteiger partial charge in [0.1, 0.15) is 5.75 Å². The van der Waals surface area contributed by atoms with Gasteiger partial charge in [-0.25, -0.2) is 4.79 Å². The number of aliphatic hydroxyl groups excluding tert-OH is 1. The third-order valence-corrected chi connectivity index (χ3v) is 9.08. The van der Waals surface area contributed by atoms with Crippen LogP contribution in [-0.2, 0) is 11.8 Å². The van der Waals surface area contributed by atoms with E-state index < -0.39 is 12.1 Å². The summed E-state index contributed by atoms with van der Waals surface area (Å²) in [4.78, 5) is 14.1. The van der Waals surface area contributed by atoms with Gasteiger partial charge in [-0.05, 0) is 91.3 Å². The van der Waals surface area contributed by atoms with Crippen molar-refractivity contribution in [1.82, 2.24) is 0 Å². The first kappa shape index (κ1) is 24.2. The number of hydrogen-bond acceptors (Lipinski definition) is 4. The summed E-state index contributed by atoms with van der Waals surface area (Å²) in [7, 11) is 0. The molecule has 2 unspecified atom stereocenters. The van der Waals surface area contributed by atoms with Gasteiger partial charge in [0.25, 0.3) is 0 Å². The zero-order valence-corrected chi connectivity index (χ0v) is 21.1. The number of carboxylic acid groups (broad SMARTS) is 1. The van der Waals surface area contributed by atoms with E-state index in [0.29, 0.717) is 18.9 Å². The smallest absolute Gasteiger partial charge is 0.335 e. The van der Waals surface area contributed by atoms with Crippen molar-refractivity contribution in [3.63, 3.8) is 0 Å².